The Kier molecular flexibility index (Phi) is 4.05. The number of carbonyl (C=O) groups is 2. The number of aromatic carboxylic acids is 1. The number of carbonyl (C=O) groups excluding carboxylic acids is 1. The monoisotopic (exact) mass is 274 g/mol. The first-order valence-electron chi connectivity index (χ1n) is 5.92. The highest BCUT2D eigenvalue weighted by Gasteiger charge is 2.11. The van der Waals surface area contributed by atoms with Crippen molar-refractivity contribution in [1.29, 1.82) is 0 Å². The van der Waals surface area contributed by atoms with Crippen LogP contribution in [0.25, 0.3) is 0 Å². The SMILES string of the molecule is COc1ccc(NC(=O)Cn2cccc2C(=O)O)cc1. The highest BCUT2D eigenvalue weighted by molar-refractivity contribution is 5.92. The summed E-state index contributed by atoms with van der Waals surface area (Å²) in [7, 11) is 1.56. The third kappa shape index (κ3) is 3.17. The molecule has 0 radical (unpaired) electrons. The van der Waals surface area contributed by atoms with Crippen molar-refractivity contribution in [3.63, 3.8) is 0 Å². The molecule has 0 bridgehead atoms. The van der Waals surface area contributed by atoms with E-state index in [1.54, 1.807) is 43.6 Å². The lowest BCUT2D eigenvalue weighted by Gasteiger charge is -2.08. The van der Waals surface area contributed by atoms with Crippen molar-refractivity contribution in [3.8, 4) is 5.75 Å². The van der Waals surface area contributed by atoms with Crippen LogP contribution < -0.4 is 10.1 Å². The Morgan fingerprint density at radius 2 is 1.95 bits per heavy atom. The van der Waals surface area contributed by atoms with Crippen molar-refractivity contribution in [3.05, 3.63) is 48.3 Å². The zero-order valence-electron chi connectivity index (χ0n) is 10.9. The Hall–Kier alpha value is -2.76. The minimum atomic E-state index is -1.06. The number of hydrogen-bond donors (Lipinski definition) is 2. The number of benzene rings is 1. The van der Waals surface area contributed by atoms with Crippen molar-refractivity contribution in [2.75, 3.05) is 12.4 Å². The summed E-state index contributed by atoms with van der Waals surface area (Å²) < 4.78 is 6.40. The van der Waals surface area contributed by atoms with E-state index >= 15 is 0 Å². The van der Waals surface area contributed by atoms with E-state index < -0.39 is 5.97 Å². The molecule has 0 aliphatic rings. The van der Waals surface area contributed by atoms with Crippen molar-refractivity contribution in [2.45, 2.75) is 6.54 Å². The Bertz CT molecular complexity index is 616. The van der Waals surface area contributed by atoms with Crippen LogP contribution in [0.5, 0.6) is 5.75 Å². The minimum absolute atomic E-state index is 0.0549. The number of hydrogen-bond acceptors (Lipinski definition) is 3. The van der Waals surface area contributed by atoms with E-state index in [-0.39, 0.29) is 18.1 Å². The van der Waals surface area contributed by atoms with Gasteiger partial charge in [0.15, 0.2) is 0 Å². The summed E-state index contributed by atoms with van der Waals surface area (Å²) in [6.45, 7) is -0.0549. The lowest BCUT2D eigenvalue weighted by molar-refractivity contribution is -0.116. The van der Waals surface area contributed by atoms with E-state index in [1.165, 1.54) is 10.6 Å². The van der Waals surface area contributed by atoms with E-state index in [0.717, 1.165) is 0 Å². The van der Waals surface area contributed by atoms with Crippen LogP contribution in [0.3, 0.4) is 0 Å². The van der Waals surface area contributed by atoms with Gasteiger partial charge in [-0.15, -0.1) is 0 Å². The molecule has 0 atom stereocenters. The van der Waals surface area contributed by atoms with Gasteiger partial charge in [-0.1, -0.05) is 0 Å². The third-order valence-electron chi connectivity index (χ3n) is 2.74. The van der Waals surface area contributed by atoms with E-state index in [4.69, 9.17) is 9.84 Å². The number of carboxylic acid groups (broad SMARTS) is 1. The topological polar surface area (TPSA) is 80.6 Å². The van der Waals surface area contributed by atoms with Crippen molar-refractivity contribution in [1.82, 2.24) is 4.57 Å². The number of aromatic nitrogens is 1. The lowest BCUT2D eigenvalue weighted by Crippen LogP contribution is -2.20. The standard InChI is InChI=1S/C14H14N2O4/c1-20-11-6-4-10(5-7-11)15-13(17)9-16-8-2-3-12(16)14(18)19/h2-8H,9H2,1H3,(H,15,17)(H,18,19). The molecule has 20 heavy (non-hydrogen) atoms. The summed E-state index contributed by atoms with van der Waals surface area (Å²) in [5.41, 5.74) is 0.703. The normalized spacial score (nSPS) is 10.1. The molecule has 6 nitrogen and oxygen atoms in total. The predicted octanol–water partition coefficient (Wildman–Crippen LogP) is 1.83. The first kappa shape index (κ1) is 13.7. The van der Waals surface area contributed by atoms with Crippen LogP contribution in [0.1, 0.15) is 10.5 Å². The summed E-state index contributed by atoms with van der Waals surface area (Å²) in [6, 6.07) is 9.92. The number of nitrogens with zero attached hydrogens (tertiary/aromatic N) is 1. The van der Waals surface area contributed by atoms with Crippen LogP contribution in [0.15, 0.2) is 42.6 Å². The van der Waals surface area contributed by atoms with Crippen LogP contribution in [0.4, 0.5) is 5.69 Å². The number of rotatable bonds is 5. The van der Waals surface area contributed by atoms with Gasteiger partial charge in [0.25, 0.3) is 0 Å². The van der Waals surface area contributed by atoms with Crippen molar-refractivity contribution < 1.29 is 19.4 Å². The van der Waals surface area contributed by atoms with E-state index in [9.17, 15) is 9.59 Å². The van der Waals surface area contributed by atoms with Crippen LogP contribution in [0.2, 0.25) is 0 Å². The lowest BCUT2D eigenvalue weighted by atomic mass is 10.3. The van der Waals surface area contributed by atoms with Gasteiger partial charge in [0.2, 0.25) is 5.91 Å². The maximum absolute atomic E-state index is 11.9. The summed E-state index contributed by atoms with van der Waals surface area (Å²) >= 11 is 0. The quantitative estimate of drug-likeness (QED) is 0.871. The van der Waals surface area contributed by atoms with Gasteiger partial charge in [-0.3, -0.25) is 4.79 Å². The molecule has 2 aromatic rings. The molecule has 0 aliphatic carbocycles. The maximum Gasteiger partial charge on any atom is 0.352 e. The number of methoxy groups -OCH3 is 1. The molecule has 2 rings (SSSR count). The molecule has 1 aromatic heterocycles. The Morgan fingerprint density at radius 3 is 2.55 bits per heavy atom. The average Bonchev–Trinajstić information content (AvgIpc) is 2.87. The Labute approximate surface area is 115 Å². The molecule has 1 aromatic carbocycles. The molecule has 1 amide bonds. The molecule has 104 valence electrons. The summed E-state index contributed by atoms with van der Waals surface area (Å²) in [5.74, 6) is -0.664. The van der Waals surface area contributed by atoms with Crippen LogP contribution in [-0.2, 0) is 11.3 Å². The number of ether oxygens (including phenoxy) is 1. The Morgan fingerprint density at radius 1 is 1.25 bits per heavy atom. The number of amides is 1. The molecule has 0 unspecified atom stereocenters. The molecule has 0 aliphatic heterocycles. The Balaban J connectivity index is 2.01. The van der Waals surface area contributed by atoms with Gasteiger partial charge >= 0.3 is 5.97 Å². The second kappa shape index (κ2) is 5.92. The predicted molar refractivity (Wildman–Crippen MR) is 73.0 cm³/mol. The van der Waals surface area contributed by atoms with Gasteiger partial charge in [0.1, 0.15) is 18.0 Å². The molecule has 1 heterocycles. The molecular formula is C14H14N2O4. The van der Waals surface area contributed by atoms with Gasteiger partial charge < -0.3 is 19.7 Å². The number of carboxylic acids is 1. The summed E-state index contributed by atoms with van der Waals surface area (Å²) in [6.07, 6.45) is 1.55. The van der Waals surface area contributed by atoms with Gasteiger partial charge in [0, 0.05) is 11.9 Å². The average molecular weight is 274 g/mol. The first-order chi connectivity index (χ1) is 9.60. The molecule has 0 fully saturated rings. The smallest absolute Gasteiger partial charge is 0.352 e. The third-order valence-corrected chi connectivity index (χ3v) is 2.74. The zero-order valence-corrected chi connectivity index (χ0v) is 10.9. The number of nitrogens with one attached hydrogen (secondary N) is 1. The molecule has 0 saturated carbocycles. The molecule has 6 heteroatoms. The largest absolute Gasteiger partial charge is 0.497 e. The van der Waals surface area contributed by atoms with Crippen LogP contribution in [-0.4, -0.2) is 28.7 Å². The van der Waals surface area contributed by atoms with E-state index in [1.807, 2.05) is 0 Å². The van der Waals surface area contributed by atoms with Crippen LogP contribution >= 0.6 is 0 Å². The van der Waals surface area contributed by atoms with Crippen molar-refractivity contribution in [2.24, 2.45) is 0 Å². The van der Waals surface area contributed by atoms with Gasteiger partial charge in [-0.25, -0.2) is 4.79 Å². The van der Waals surface area contributed by atoms with Gasteiger partial charge in [-0.05, 0) is 36.4 Å². The van der Waals surface area contributed by atoms with Gasteiger partial charge in [-0.2, -0.15) is 0 Å². The second-order valence-electron chi connectivity index (χ2n) is 4.10. The second-order valence-corrected chi connectivity index (χ2v) is 4.10. The molecular weight excluding hydrogens is 260 g/mol. The first-order valence-corrected chi connectivity index (χ1v) is 5.92. The fourth-order valence-electron chi connectivity index (χ4n) is 1.78. The van der Waals surface area contributed by atoms with Crippen molar-refractivity contribution >= 4 is 17.6 Å². The zero-order chi connectivity index (χ0) is 14.5. The highest BCUT2D eigenvalue weighted by Crippen LogP contribution is 2.15. The molecule has 0 saturated heterocycles. The van der Waals surface area contributed by atoms with Gasteiger partial charge in [0.05, 0.1) is 7.11 Å². The fourth-order valence-corrected chi connectivity index (χ4v) is 1.78. The number of anilines is 1. The van der Waals surface area contributed by atoms with Crippen LogP contribution in [0, 0.1) is 0 Å². The summed E-state index contributed by atoms with van der Waals surface area (Å²) in [5, 5.41) is 11.6. The van der Waals surface area contributed by atoms with E-state index in [0.29, 0.717) is 11.4 Å². The summed E-state index contributed by atoms with van der Waals surface area (Å²) in [4.78, 5) is 22.8. The molecule has 0 spiro atoms. The minimum Gasteiger partial charge on any atom is -0.497 e. The fraction of sp³-hybridized carbons (Fsp3) is 0.143. The van der Waals surface area contributed by atoms with E-state index in [2.05, 4.69) is 5.32 Å². The highest BCUT2D eigenvalue weighted by atomic mass is 16.5. The molecule has 2 N–H and O–H groups in total. The maximum atomic E-state index is 11.9.